The Bertz CT molecular complexity index is 232. The molecule has 84 valence electrons. The van der Waals surface area contributed by atoms with Crippen LogP contribution in [-0.2, 0) is 0 Å². The van der Waals surface area contributed by atoms with E-state index < -0.39 is 0 Å². The summed E-state index contributed by atoms with van der Waals surface area (Å²) in [5, 5.41) is 3.63. The van der Waals surface area contributed by atoms with Crippen molar-refractivity contribution in [3.8, 4) is 0 Å². The van der Waals surface area contributed by atoms with Gasteiger partial charge >= 0.3 is 0 Å². The second kappa shape index (κ2) is 7.47. The van der Waals surface area contributed by atoms with Gasteiger partial charge in [-0.2, -0.15) is 0 Å². The first-order chi connectivity index (χ1) is 7.36. The molecule has 1 saturated carbocycles. The van der Waals surface area contributed by atoms with Crippen LogP contribution in [-0.4, -0.2) is 12.6 Å². The topological polar surface area (TPSA) is 12.0 Å². The lowest BCUT2D eigenvalue weighted by atomic mass is 9.95. The quantitative estimate of drug-likeness (QED) is 0.676. The van der Waals surface area contributed by atoms with Crippen molar-refractivity contribution in [3.63, 3.8) is 0 Å². The predicted molar refractivity (Wildman–Crippen MR) is 68.0 cm³/mol. The summed E-state index contributed by atoms with van der Waals surface area (Å²) in [6, 6.07) is 0.742. The molecule has 0 saturated heterocycles. The lowest BCUT2D eigenvalue weighted by Crippen LogP contribution is -2.32. The van der Waals surface area contributed by atoms with E-state index in [1.165, 1.54) is 37.7 Å². The Kier molecular flexibility index (Phi) is 6.10. The van der Waals surface area contributed by atoms with Crippen LogP contribution < -0.4 is 5.32 Å². The van der Waals surface area contributed by atoms with Gasteiger partial charge in [-0.1, -0.05) is 50.1 Å². The first-order valence-corrected chi connectivity index (χ1v) is 6.04. The zero-order valence-electron chi connectivity index (χ0n) is 9.84. The maximum Gasteiger partial charge on any atom is 0.0204 e. The van der Waals surface area contributed by atoms with Gasteiger partial charge < -0.3 is 5.32 Å². The van der Waals surface area contributed by atoms with Gasteiger partial charge in [-0.25, -0.2) is 0 Å². The average molecular weight is 205 g/mol. The third kappa shape index (κ3) is 4.98. The van der Waals surface area contributed by atoms with Crippen LogP contribution in [0.1, 0.15) is 39.0 Å². The monoisotopic (exact) mass is 205 g/mol. The van der Waals surface area contributed by atoms with E-state index in [1.54, 1.807) is 0 Å². The lowest BCUT2D eigenvalue weighted by molar-refractivity contribution is 0.383. The fourth-order valence-corrected chi connectivity index (χ4v) is 2.02. The molecule has 1 heteroatoms. The van der Waals surface area contributed by atoms with Gasteiger partial charge in [0.15, 0.2) is 0 Å². The second-order valence-corrected chi connectivity index (χ2v) is 4.17. The largest absolute Gasteiger partial charge is 0.310 e. The van der Waals surface area contributed by atoms with E-state index in [2.05, 4.69) is 31.0 Å². The first kappa shape index (κ1) is 12.3. The van der Waals surface area contributed by atoms with Crippen LogP contribution in [0.15, 0.2) is 36.5 Å². The molecule has 0 aromatic heterocycles. The van der Waals surface area contributed by atoms with Gasteiger partial charge in [0.05, 0.1) is 0 Å². The smallest absolute Gasteiger partial charge is 0.0204 e. The van der Waals surface area contributed by atoms with Gasteiger partial charge in [-0.15, -0.1) is 0 Å². The molecule has 0 radical (unpaired) electrons. The molecule has 0 aromatic rings. The number of rotatable bonds is 5. The minimum absolute atomic E-state index is 0.742. The summed E-state index contributed by atoms with van der Waals surface area (Å²) in [5.41, 5.74) is 1.35. The standard InChI is InChI=1S/C14H23N/c1-3-5-9-13(4-2)12-15-14-10-7-6-8-11-14/h3-5,9,14-15H,1,6-8,10-12H2,2H3/b9-5-,13-4+. The summed E-state index contributed by atoms with van der Waals surface area (Å²) >= 11 is 0. The van der Waals surface area contributed by atoms with Gasteiger partial charge in [-0.3, -0.25) is 0 Å². The van der Waals surface area contributed by atoms with Gasteiger partial charge in [0, 0.05) is 12.6 Å². The van der Waals surface area contributed by atoms with E-state index >= 15 is 0 Å². The van der Waals surface area contributed by atoms with Crippen LogP contribution >= 0.6 is 0 Å². The van der Waals surface area contributed by atoms with E-state index in [1.807, 2.05) is 12.2 Å². The fourth-order valence-electron chi connectivity index (χ4n) is 2.02. The molecule has 0 heterocycles. The fraction of sp³-hybridized carbons (Fsp3) is 0.571. The van der Waals surface area contributed by atoms with Crippen LogP contribution in [0.2, 0.25) is 0 Å². The molecule has 0 amide bonds. The molecule has 0 aliphatic heterocycles. The van der Waals surface area contributed by atoms with Gasteiger partial charge in [0.2, 0.25) is 0 Å². The van der Waals surface area contributed by atoms with Crippen LogP contribution in [0.5, 0.6) is 0 Å². The van der Waals surface area contributed by atoms with Gasteiger partial charge in [-0.05, 0) is 25.3 Å². The highest BCUT2D eigenvalue weighted by Crippen LogP contribution is 2.17. The molecule has 1 nitrogen and oxygen atoms in total. The average Bonchev–Trinajstić information content (AvgIpc) is 2.31. The Balaban J connectivity index is 2.27. The van der Waals surface area contributed by atoms with Gasteiger partial charge in [0.25, 0.3) is 0 Å². The lowest BCUT2D eigenvalue weighted by Gasteiger charge is -2.23. The van der Waals surface area contributed by atoms with E-state index in [9.17, 15) is 0 Å². The Labute approximate surface area is 94.0 Å². The molecule has 1 aliphatic carbocycles. The maximum absolute atomic E-state index is 3.68. The third-order valence-corrected chi connectivity index (χ3v) is 3.02. The molecule has 1 N–H and O–H groups in total. The van der Waals surface area contributed by atoms with Crippen molar-refractivity contribution in [1.29, 1.82) is 0 Å². The summed E-state index contributed by atoms with van der Waals surface area (Å²) in [6.45, 7) is 6.76. The number of nitrogens with one attached hydrogen (secondary N) is 1. The summed E-state index contributed by atoms with van der Waals surface area (Å²) in [5.74, 6) is 0. The normalized spacial score (nSPS) is 19.7. The summed E-state index contributed by atoms with van der Waals surface area (Å²) in [6.07, 6.45) is 15.0. The molecule has 0 unspecified atom stereocenters. The molecule has 1 fully saturated rings. The van der Waals surface area contributed by atoms with Crippen molar-refractivity contribution in [2.75, 3.05) is 6.54 Å². The first-order valence-electron chi connectivity index (χ1n) is 6.04. The molecule has 1 rings (SSSR count). The predicted octanol–water partition coefficient (Wildman–Crippen LogP) is 3.60. The maximum atomic E-state index is 3.68. The zero-order chi connectivity index (χ0) is 10.9. The molecule has 1 aliphatic rings. The Hall–Kier alpha value is -0.820. The molecular weight excluding hydrogens is 182 g/mol. The summed E-state index contributed by atoms with van der Waals surface area (Å²) in [7, 11) is 0. The van der Waals surface area contributed by atoms with E-state index in [0.29, 0.717) is 0 Å². The minimum Gasteiger partial charge on any atom is -0.310 e. The van der Waals surface area contributed by atoms with Crippen LogP contribution in [0.3, 0.4) is 0 Å². The highest BCUT2D eigenvalue weighted by atomic mass is 14.9. The third-order valence-electron chi connectivity index (χ3n) is 3.02. The molecule has 0 aromatic carbocycles. The molecule has 15 heavy (non-hydrogen) atoms. The molecule has 0 spiro atoms. The molecule has 0 atom stereocenters. The highest BCUT2D eigenvalue weighted by molar-refractivity contribution is 5.22. The highest BCUT2D eigenvalue weighted by Gasteiger charge is 2.11. The van der Waals surface area contributed by atoms with Crippen molar-refractivity contribution < 1.29 is 0 Å². The minimum atomic E-state index is 0.742. The summed E-state index contributed by atoms with van der Waals surface area (Å²) < 4.78 is 0. The summed E-state index contributed by atoms with van der Waals surface area (Å²) in [4.78, 5) is 0. The van der Waals surface area contributed by atoms with Crippen LogP contribution in [0, 0.1) is 0 Å². The van der Waals surface area contributed by atoms with Crippen molar-refractivity contribution in [2.45, 2.75) is 45.1 Å². The van der Waals surface area contributed by atoms with E-state index in [0.717, 1.165) is 12.6 Å². The van der Waals surface area contributed by atoms with Crippen molar-refractivity contribution in [2.24, 2.45) is 0 Å². The second-order valence-electron chi connectivity index (χ2n) is 4.17. The molecular formula is C14H23N. The van der Waals surface area contributed by atoms with Crippen LogP contribution in [0.4, 0.5) is 0 Å². The van der Waals surface area contributed by atoms with Crippen molar-refractivity contribution in [3.05, 3.63) is 36.5 Å². The van der Waals surface area contributed by atoms with Crippen molar-refractivity contribution in [1.82, 2.24) is 5.32 Å². The number of hydrogen-bond donors (Lipinski definition) is 1. The molecule has 0 bridgehead atoms. The van der Waals surface area contributed by atoms with E-state index in [-0.39, 0.29) is 0 Å². The zero-order valence-corrected chi connectivity index (χ0v) is 9.84. The van der Waals surface area contributed by atoms with Crippen molar-refractivity contribution >= 4 is 0 Å². The number of hydrogen-bond acceptors (Lipinski definition) is 1. The SMILES string of the molecule is C=C/C=C\C(=C/C)CNC1CCCCC1. The number of allylic oxidation sites excluding steroid dienone is 3. The Morgan fingerprint density at radius 2 is 2.07 bits per heavy atom. The van der Waals surface area contributed by atoms with Crippen LogP contribution in [0.25, 0.3) is 0 Å². The Morgan fingerprint density at radius 1 is 1.33 bits per heavy atom. The van der Waals surface area contributed by atoms with Gasteiger partial charge in [0.1, 0.15) is 0 Å². The van der Waals surface area contributed by atoms with E-state index in [4.69, 9.17) is 0 Å². The Morgan fingerprint density at radius 3 is 2.67 bits per heavy atom.